The molecule has 6 heteroatoms. The van der Waals surface area contributed by atoms with Crippen LogP contribution in [0, 0.1) is 5.92 Å². The van der Waals surface area contributed by atoms with Crippen LogP contribution in [0.3, 0.4) is 0 Å². The SMILES string of the molecule is CC(C)Oc1cccc(C(=O)[C@H]2CCCN(c3ncnc4[nH]ccc34)C2)c1. The Morgan fingerprint density at radius 2 is 2.19 bits per heavy atom. The molecule has 0 saturated carbocycles. The molecule has 1 aromatic carbocycles. The highest BCUT2D eigenvalue weighted by molar-refractivity contribution is 5.99. The van der Waals surface area contributed by atoms with E-state index in [0.29, 0.717) is 6.54 Å². The van der Waals surface area contributed by atoms with Gasteiger partial charge < -0.3 is 14.6 Å². The number of piperidine rings is 1. The van der Waals surface area contributed by atoms with Crippen molar-refractivity contribution in [2.75, 3.05) is 18.0 Å². The Kier molecular flexibility index (Phi) is 4.79. The first kappa shape index (κ1) is 17.5. The molecule has 140 valence electrons. The molecule has 1 saturated heterocycles. The fourth-order valence-corrected chi connectivity index (χ4v) is 3.72. The molecule has 0 radical (unpaired) electrons. The van der Waals surface area contributed by atoms with E-state index < -0.39 is 0 Å². The minimum atomic E-state index is -0.0444. The standard InChI is InChI=1S/C21H24N4O2/c1-14(2)27-17-7-3-5-15(11-17)19(26)16-6-4-10-25(12-16)21-18-8-9-22-20(18)23-13-24-21/h3,5,7-9,11,13-14,16H,4,6,10,12H2,1-2H3,(H,22,23,24)/t16-/m0/s1. The summed E-state index contributed by atoms with van der Waals surface area (Å²) in [6.07, 6.45) is 5.39. The number of hydrogen-bond acceptors (Lipinski definition) is 5. The molecule has 3 aromatic rings. The lowest BCUT2D eigenvalue weighted by Crippen LogP contribution is -2.39. The second-order valence-electron chi connectivity index (χ2n) is 7.28. The number of aromatic nitrogens is 3. The fraction of sp³-hybridized carbons (Fsp3) is 0.381. The number of aromatic amines is 1. The van der Waals surface area contributed by atoms with Gasteiger partial charge in [-0.1, -0.05) is 12.1 Å². The number of fused-ring (bicyclic) bond motifs is 1. The van der Waals surface area contributed by atoms with Crippen LogP contribution < -0.4 is 9.64 Å². The van der Waals surface area contributed by atoms with E-state index in [1.54, 1.807) is 6.33 Å². The van der Waals surface area contributed by atoms with E-state index in [2.05, 4.69) is 19.9 Å². The average molecular weight is 364 g/mol. The van der Waals surface area contributed by atoms with Crippen molar-refractivity contribution in [3.63, 3.8) is 0 Å². The Morgan fingerprint density at radius 3 is 3.04 bits per heavy atom. The van der Waals surface area contributed by atoms with Crippen molar-refractivity contribution < 1.29 is 9.53 Å². The summed E-state index contributed by atoms with van der Waals surface area (Å²) in [6.45, 7) is 5.54. The summed E-state index contributed by atoms with van der Waals surface area (Å²) in [4.78, 5) is 27.2. The summed E-state index contributed by atoms with van der Waals surface area (Å²) in [5.74, 6) is 1.77. The Bertz CT molecular complexity index is 950. The number of anilines is 1. The topological polar surface area (TPSA) is 71.1 Å². The Balaban J connectivity index is 1.54. The predicted octanol–water partition coefficient (Wildman–Crippen LogP) is 3.84. The van der Waals surface area contributed by atoms with Gasteiger partial charge in [-0.05, 0) is 44.9 Å². The lowest BCUT2D eigenvalue weighted by Gasteiger charge is -2.33. The molecular formula is C21H24N4O2. The van der Waals surface area contributed by atoms with Gasteiger partial charge in [0.2, 0.25) is 0 Å². The van der Waals surface area contributed by atoms with Crippen molar-refractivity contribution in [3.05, 3.63) is 48.4 Å². The van der Waals surface area contributed by atoms with Crippen LogP contribution in [0.1, 0.15) is 37.0 Å². The van der Waals surface area contributed by atoms with Crippen molar-refractivity contribution in [2.45, 2.75) is 32.8 Å². The summed E-state index contributed by atoms with van der Waals surface area (Å²) >= 11 is 0. The normalized spacial score (nSPS) is 17.4. The largest absolute Gasteiger partial charge is 0.491 e. The number of rotatable bonds is 5. The van der Waals surface area contributed by atoms with Gasteiger partial charge in [0.1, 0.15) is 23.5 Å². The minimum absolute atomic E-state index is 0.0444. The monoisotopic (exact) mass is 364 g/mol. The molecule has 1 aliphatic rings. The molecule has 0 amide bonds. The first-order chi connectivity index (χ1) is 13.1. The molecule has 27 heavy (non-hydrogen) atoms. The molecule has 4 rings (SSSR count). The molecule has 0 aliphatic carbocycles. The van der Waals surface area contributed by atoms with Crippen LogP contribution in [0.2, 0.25) is 0 Å². The highest BCUT2D eigenvalue weighted by Gasteiger charge is 2.28. The van der Waals surface area contributed by atoms with E-state index in [1.807, 2.05) is 50.4 Å². The van der Waals surface area contributed by atoms with Crippen molar-refractivity contribution in [1.29, 1.82) is 0 Å². The Hall–Kier alpha value is -2.89. The highest BCUT2D eigenvalue weighted by Crippen LogP contribution is 2.29. The molecule has 0 unspecified atom stereocenters. The number of carbonyl (C=O) groups is 1. The number of ketones is 1. The number of hydrogen-bond donors (Lipinski definition) is 1. The lowest BCUT2D eigenvalue weighted by molar-refractivity contribution is 0.0906. The fourth-order valence-electron chi connectivity index (χ4n) is 3.72. The van der Waals surface area contributed by atoms with E-state index in [9.17, 15) is 4.79 Å². The maximum atomic E-state index is 13.1. The maximum Gasteiger partial charge on any atom is 0.167 e. The smallest absolute Gasteiger partial charge is 0.167 e. The summed E-state index contributed by atoms with van der Waals surface area (Å²) in [5.41, 5.74) is 1.54. The quantitative estimate of drug-likeness (QED) is 0.697. The van der Waals surface area contributed by atoms with Gasteiger partial charge >= 0.3 is 0 Å². The van der Waals surface area contributed by atoms with Gasteiger partial charge in [-0.25, -0.2) is 9.97 Å². The van der Waals surface area contributed by atoms with E-state index in [4.69, 9.17) is 4.74 Å². The molecule has 2 aromatic heterocycles. The maximum absolute atomic E-state index is 13.1. The third-order valence-corrected chi connectivity index (χ3v) is 4.91. The van der Waals surface area contributed by atoms with Crippen molar-refractivity contribution in [3.8, 4) is 5.75 Å². The molecule has 6 nitrogen and oxygen atoms in total. The lowest BCUT2D eigenvalue weighted by atomic mass is 9.90. The molecule has 0 spiro atoms. The van der Waals surface area contributed by atoms with Crippen molar-refractivity contribution in [1.82, 2.24) is 15.0 Å². The molecule has 1 N–H and O–H groups in total. The molecule has 1 atom stereocenters. The van der Waals surface area contributed by atoms with Crippen molar-refractivity contribution in [2.24, 2.45) is 5.92 Å². The summed E-state index contributed by atoms with van der Waals surface area (Å²) in [6, 6.07) is 9.51. The Morgan fingerprint density at radius 1 is 1.30 bits per heavy atom. The number of benzene rings is 1. The number of H-pyrrole nitrogens is 1. The van der Waals surface area contributed by atoms with Crippen LogP contribution in [0.4, 0.5) is 5.82 Å². The molecule has 1 aliphatic heterocycles. The van der Waals surface area contributed by atoms with E-state index in [1.165, 1.54) is 0 Å². The highest BCUT2D eigenvalue weighted by atomic mass is 16.5. The first-order valence-corrected chi connectivity index (χ1v) is 9.46. The van der Waals surface area contributed by atoms with Crippen LogP contribution >= 0.6 is 0 Å². The van der Waals surface area contributed by atoms with E-state index >= 15 is 0 Å². The molecule has 0 bridgehead atoms. The summed E-state index contributed by atoms with van der Waals surface area (Å²) in [7, 11) is 0. The summed E-state index contributed by atoms with van der Waals surface area (Å²) in [5, 5.41) is 0.998. The second kappa shape index (κ2) is 7.39. The van der Waals surface area contributed by atoms with Gasteiger partial charge in [0, 0.05) is 30.8 Å². The van der Waals surface area contributed by atoms with Crippen LogP contribution in [-0.2, 0) is 0 Å². The Labute approximate surface area is 158 Å². The number of carbonyl (C=O) groups excluding carboxylic acids is 1. The molecule has 1 fully saturated rings. The van der Waals surface area contributed by atoms with Crippen LogP contribution in [0.25, 0.3) is 11.0 Å². The van der Waals surface area contributed by atoms with Gasteiger partial charge in [0.15, 0.2) is 5.78 Å². The second-order valence-corrected chi connectivity index (χ2v) is 7.28. The third kappa shape index (κ3) is 3.65. The van der Waals surface area contributed by atoms with E-state index in [0.717, 1.165) is 47.6 Å². The first-order valence-electron chi connectivity index (χ1n) is 9.46. The predicted molar refractivity (Wildman–Crippen MR) is 105 cm³/mol. The van der Waals surface area contributed by atoms with Gasteiger partial charge in [-0.3, -0.25) is 4.79 Å². The molecular weight excluding hydrogens is 340 g/mol. The minimum Gasteiger partial charge on any atom is -0.491 e. The number of nitrogens with one attached hydrogen (secondary N) is 1. The van der Waals surface area contributed by atoms with Gasteiger partial charge in [0.05, 0.1) is 11.5 Å². The average Bonchev–Trinajstić information content (AvgIpc) is 3.16. The van der Waals surface area contributed by atoms with Crippen molar-refractivity contribution >= 4 is 22.6 Å². The van der Waals surface area contributed by atoms with Crippen LogP contribution in [0.5, 0.6) is 5.75 Å². The zero-order chi connectivity index (χ0) is 18.8. The molecule has 3 heterocycles. The van der Waals surface area contributed by atoms with Crippen LogP contribution in [0.15, 0.2) is 42.9 Å². The number of Topliss-reactive ketones (excluding diaryl/α,β-unsaturated/α-hetero) is 1. The van der Waals surface area contributed by atoms with Gasteiger partial charge in [-0.2, -0.15) is 0 Å². The number of ether oxygens (including phenoxy) is 1. The van der Waals surface area contributed by atoms with Gasteiger partial charge in [0.25, 0.3) is 0 Å². The van der Waals surface area contributed by atoms with Gasteiger partial charge in [-0.15, -0.1) is 0 Å². The number of nitrogens with zero attached hydrogens (tertiary/aromatic N) is 3. The zero-order valence-electron chi connectivity index (χ0n) is 15.7. The summed E-state index contributed by atoms with van der Waals surface area (Å²) < 4.78 is 5.74. The zero-order valence-corrected chi connectivity index (χ0v) is 15.7. The van der Waals surface area contributed by atoms with E-state index in [-0.39, 0.29) is 17.8 Å². The van der Waals surface area contributed by atoms with Crippen LogP contribution in [-0.4, -0.2) is 39.9 Å². The third-order valence-electron chi connectivity index (χ3n) is 4.91.